The van der Waals surface area contributed by atoms with E-state index in [1.165, 1.54) is 10.7 Å². The zero-order valence-corrected chi connectivity index (χ0v) is 13.7. The number of unbranched alkanes of at least 4 members (excludes halogenated alkanes) is 3. The Morgan fingerprint density at radius 2 is 1.76 bits per heavy atom. The third kappa shape index (κ3) is 7.24. The van der Waals surface area contributed by atoms with Gasteiger partial charge in [-0.3, -0.25) is 4.79 Å². The molecule has 0 radical (unpaired) electrons. The van der Waals surface area contributed by atoms with Crippen LogP contribution in [0.15, 0.2) is 0 Å². The van der Waals surface area contributed by atoms with Gasteiger partial charge in [-0.2, -0.15) is 12.7 Å². The van der Waals surface area contributed by atoms with Crippen LogP contribution in [0.1, 0.15) is 64.2 Å². The Bertz CT molecular complexity index is 405. The third-order valence-electron chi connectivity index (χ3n) is 4.07. The molecule has 21 heavy (non-hydrogen) atoms. The van der Waals surface area contributed by atoms with Crippen molar-refractivity contribution >= 4 is 16.2 Å². The Labute approximate surface area is 128 Å². The van der Waals surface area contributed by atoms with Crippen molar-refractivity contribution in [3.05, 3.63) is 0 Å². The molecule has 0 bridgehead atoms. The van der Waals surface area contributed by atoms with Crippen LogP contribution >= 0.6 is 0 Å². The number of rotatable bonds is 10. The van der Waals surface area contributed by atoms with Crippen LogP contribution in [0.4, 0.5) is 0 Å². The number of nitrogens with one attached hydrogen (secondary N) is 1. The highest BCUT2D eigenvalue weighted by atomic mass is 32.2. The average Bonchev–Trinajstić information content (AvgIpc) is 2.46. The second kappa shape index (κ2) is 9.38. The van der Waals surface area contributed by atoms with Gasteiger partial charge in [0, 0.05) is 26.1 Å². The van der Waals surface area contributed by atoms with Crippen LogP contribution in [0.2, 0.25) is 0 Å². The fraction of sp³-hybridized carbons (Fsp3) is 0.929. The SMILES string of the molecule is CN(C1CCCCC1)S(=O)(=O)NCCCCCCC(=O)O. The monoisotopic (exact) mass is 320 g/mol. The Morgan fingerprint density at radius 3 is 2.38 bits per heavy atom. The van der Waals surface area contributed by atoms with Crippen LogP contribution in [0.5, 0.6) is 0 Å². The zero-order chi connectivity index (χ0) is 15.7. The van der Waals surface area contributed by atoms with E-state index in [1.54, 1.807) is 7.05 Å². The molecule has 0 aliphatic heterocycles. The molecule has 0 atom stereocenters. The van der Waals surface area contributed by atoms with Crippen molar-refractivity contribution in [2.45, 2.75) is 70.3 Å². The van der Waals surface area contributed by atoms with E-state index in [0.717, 1.165) is 44.9 Å². The van der Waals surface area contributed by atoms with Crippen molar-refractivity contribution < 1.29 is 18.3 Å². The molecule has 0 aromatic heterocycles. The first kappa shape index (κ1) is 18.4. The molecule has 0 unspecified atom stereocenters. The molecule has 6 nitrogen and oxygen atoms in total. The van der Waals surface area contributed by atoms with Gasteiger partial charge < -0.3 is 5.11 Å². The highest BCUT2D eigenvalue weighted by Gasteiger charge is 2.26. The molecule has 2 N–H and O–H groups in total. The zero-order valence-electron chi connectivity index (χ0n) is 12.9. The molecular weight excluding hydrogens is 292 g/mol. The average molecular weight is 320 g/mol. The Hall–Kier alpha value is -0.660. The van der Waals surface area contributed by atoms with Gasteiger partial charge in [-0.25, -0.2) is 4.72 Å². The Balaban J connectivity index is 2.18. The van der Waals surface area contributed by atoms with Crippen molar-refractivity contribution in [3.8, 4) is 0 Å². The molecule has 7 heteroatoms. The van der Waals surface area contributed by atoms with Gasteiger partial charge in [0.25, 0.3) is 10.2 Å². The summed E-state index contributed by atoms with van der Waals surface area (Å²) in [6, 6.07) is 0.131. The standard InChI is InChI=1S/C14H28N2O4S/c1-16(13-9-5-4-6-10-13)21(19,20)15-12-8-3-2-7-11-14(17)18/h13,15H,2-12H2,1H3,(H,17,18). The predicted molar refractivity (Wildman–Crippen MR) is 82.3 cm³/mol. The molecule has 1 aliphatic carbocycles. The van der Waals surface area contributed by atoms with Crippen LogP contribution < -0.4 is 4.72 Å². The highest BCUT2D eigenvalue weighted by Crippen LogP contribution is 2.22. The maximum atomic E-state index is 12.1. The van der Waals surface area contributed by atoms with Crippen LogP contribution in [-0.2, 0) is 15.0 Å². The van der Waals surface area contributed by atoms with Gasteiger partial charge in [-0.05, 0) is 25.7 Å². The Kier molecular flexibility index (Phi) is 8.21. The molecule has 124 valence electrons. The topological polar surface area (TPSA) is 86.7 Å². The molecule has 0 aromatic carbocycles. The minimum atomic E-state index is -3.38. The molecule has 0 aromatic rings. The van der Waals surface area contributed by atoms with Crippen molar-refractivity contribution in [1.82, 2.24) is 9.03 Å². The molecule has 0 amide bonds. The maximum absolute atomic E-state index is 12.1. The van der Waals surface area contributed by atoms with Gasteiger partial charge in [0.05, 0.1) is 0 Å². The van der Waals surface area contributed by atoms with E-state index < -0.39 is 16.2 Å². The molecule has 0 saturated heterocycles. The summed E-state index contributed by atoms with van der Waals surface area (Å²) < 4.78 is 28.4. The summed E-state index contributed by atoms with van der Waals surface area (Å²) in [7, 11) is -1.72. The van der Waals surface area contributed by atoms with Crippen molar-refractivity contribution in [1.29, 1.82) is 0 Å². The molecule has 1 aliphatic rings. The summed E-state index contributed by atoms with van der Waals surface area (Å²) in [5.41, 5.74) is 0. The van der Waals surface area contributed by atoms with E-state index in [-0.39, 0.29) is 12.5 Å². The number of carboxylic acids is 1. The molecule has 0 heterocycles. The van der Waals surface area contributed by atoms with Crippen molar-refractivity contribution in [2.75, 3.05) is 13.6 Å². The van der Waals surface area contributed by atoms with Gasteiger partial charge >= 0.3 is 5.97 Å². The van der Waals surface area contributed by atoms with Gasteiger partial charge in [-0.15, -0.1) is 0 Å². The first-order chi connectivity index (χ1) is 9.93. The number of carboxylic acid groups (broad SMARTS) is 1. The first-order valence-corrected chi connectivity index (χ1v) is 9.32. The lowest BCUT2D eigenvalue weighted by Crippen LogP contribution is -2.45. The second-order valence-electron chi connectivity index (χ2n) is 5.77. The summed E-state index contributed by atoms with van der Waals surface area (Å²) >= 11 is 0. The van der Waals surface area contributed by atoms with Gasteiger partial charge in [-0.1, -0.05) is 32.1 Å². The summed E-state index contributed by atoms with van der Waals surface area (Å²) in [6.07, 6.45) is 8.59. The molecule has 1 rings (SSSR count). The first-order valence-electron chi connectivity index (χ1n) is 7.88. The molecule has 0 spiro atoms. The van der Waals surface area contributed by atoms with E-state index >= 15 is 0 Å². The number of hydrogen-bond donors (Lipinski definition) is 2. The maximum Gasteiger partial charge on any atom is 0.303 e. The molecular formula is C14H28N2O4S. The summed E-state index contributed by atoms with van der Waals surface area (Å²) in [5, 5.41) is 8.51. The van der Waals surface area contributed by atoms with Crippen molar-refractivity contribution in [2.24, 2.45) is 0 Å². The van der Waals surface area contributed by atoms with Gasteiger partial charge in [0.15, 0.2) is 0 Å². The smallest absolute Gasteiger partial charge is 0.303 e. The highest BCUT2D eigenvalue weighted by molar-refractivity contribution is 7.87. The van der Waals surface area contributed by atoms with Gasteiger partial charge in [0.2, 0.25) is 0 Å². The predicted octanol–water partition coefficient (Wildman–Crippen LogP) is 2.12. The minimum Gasteiger partial charge on any atom is -0.481 e. The fourth-order valence-corrected chi connectivity index (χ4v) is 3.91. The van der Waals surface area contributed by atoms with Crippen LogP contribution in [0.3, 0.4) is 0 Å². The fourth-order valence-electron chi connectivity index (χ4n) is 2.70. The van der Waals surface area contributed by atoms with Crippen LogP contribution in [0, 0.1) is 0 Å². The number of carbonyl (C=O) groups is 1. The lowest BCUT2D eigenvalue weighted by molar-refractivity contribution is -0.137. The quantitative estimate of drug-likeness (QED) is 0.604. The summed E-state index contributed by atoms with van der Waals surface area (Å²) in [6.45, 7) is 0.423. The van der Waals surface area contributed by atoms with E-state index in [1.807, 2.05) is 0 Å². The number of hydrogen-bond acceptors (Lipinski definition) is 3. The van der Waals surface area contributed by atoms with E-state index in [4.69, 9.17) is 5.11 Å². The van der Waals surface area contributed by atoms with Crippen LogP contribution in [0.25, 0.3) is 0 Å². The second-order valence-corrected chi connectivity index (χ2v) is 7.58. The number of nitrogens with zero attached hydrogens (tertiary/aromatic N) is 1. The van der Waals surface area contributed by atoms with Crippen LogP contribution in [-0.4, -0.2) is 43.4 Å². The summed E-state index contributed by atoms with van der Waals surface area (Å²) in [4.78, 5) is 10.3. The van der Waals surface area contributed by atoms with Gasteiger partial charge in [0.1, 0.15) is 0 Å². The number of aliphatic carboxylic acids is 1. The summed E-state index contributed by atoms with van der Waals surface area (Å²) in [5.74, 6) is -0.773. The third-order valence-corrected chi connectivity index (χ3v) is 5.70. The van der Waals surface area contributed by atoms with Crippen molar-refractivity contribution in [3.63, 3.8) is 0 Å². The molecule has 1 fully saturated rings. The largest absolute Gasteiger partial charge is 0.481 e. The van der Waals surface area contributed by atoms with E-state index in [9.17, 15) is 13.2 Å². The molecule has 1 saturated carbocycles. The lowest BCUT2D eigenvalue weighted by Gasteiger charge is -2.30. The van der Waals surface area contributed by atoms with E-state index in [2.05, 4.69) is 4.72 Å². The minimum absolute atomic E-state index is 0.131. The lowest BCUT2D eigenvalue weighted by atomic mass is 9.96. The van der Waals surface area contributed by atoms with E-state index in [0.29, 0.717) is 13.0 Å². The normalized spacial score (nSPS) is 17.2. The Morgan fingerprint density at radius 1 is 1.14 bits per heavy atom.